The highest BCUT2D eigenvalue weighted by Crippen LogP contribution is 2.24. The van der Waals surface area contributed by atoms with Gasteiger partial charge in [0.2, 0.25) is 0 Å². The molecule has 3 atom stereocenters. The van der Waals surface area contributed by atoms with Gasteiger partial charge in [-0.25, -0.2) is 0 Å². The first-order chi connectivity index (χ1) is 9.83. The largest absolute Gasteiger partial charge is 0.378 e. The minimum atomic E-state index is 0.417. The van der Waals surface area contributed by atoms with Gasteiger partial charge in [-0.3, -0.25) is 4.90 Å². The van der Waals surface area contributed by atoms with Crippen molar-refractivity contribution in [1.29, 1.82) is 0 Å². The normalized spacial score (nSPS) is 32.8. The lowest BCUT2D eigenvalue weighted by Crippen LogP contribution is -2.44. The molecule has 0 aromatic heterocycles. The van der Waals surface area contributed by atoms with Gasteiger partial charge in [0, 0.05) is 25.2 Å². The smallest absolute Gasteiger partial charge is 0.0561 e. The zero-order valence-corrected chi connectivity index (χ0v) is 12.4. The Bertz CT molecular complexity index is 409. The molecule has 1 aromatic rings. The van der Waals surface area contributed by atoms with E-state index in [0.717, 1.165) is 19.7 Å². The Labute approximate surface area is 122 Å². The summed E-state index contributed by atoms with van der Waals surface area (Å²) in [5, 5.41) is 3.71. The minimum absolute atomic E-state index is 0.417. The van der Waals surface area contributed by atoms with Crippen LogP contribution in [-0.4, -0.2) is 43.3 Å². The van der Waals surface area contributed by atoms with Crippen LogP contribution in [0.5, 0.6) is 0 Å². The second-order valence-electron chi connectivity index (χ2n) is 6.13. The molecule has 0 saturated carbocycles. The van der Waals surface area contributed by atoms with Gasteiger partial charge in [-0.1, -0.05) is 30.3 Å². The lowest BCUT2D eigenvalue weighted by molar-refractivity contribution is -0.0177. The molecule has 0 amide bonds. The Balaban J connectivity index is 1.69. The van der Waals surface area contributed by atoms with Gasteiger partial charge >= 0.3 is 0 Å². The van der Waals surface area contributed by atoms with E-state index < -0.39 is 0 Å². The third-order valence-electron chi connectivity index (χ3n) is 4.61. The molecule has 2 heterocycles. The number of hydrogen-bond acceptors (Lipinski definition) is 3. The predicted octanol–water partition coefficient (Wildman–Crippen LogP) is 2.59. The Morgan fingerprint density at radius 2 is 2.10 bits per heavy atom. The SMILES string of the molecule is CC1CC(N2CCCNC(c3ccccc3)C2)CCO1. The Morgan fingerprint density at radius 1 is 1.25 bits per heavy atom. The molecule has 0 spiro atoms. The van der Waals surface area contributed by atoms with Crippen molar-refractivity contribution in [3.05, 3.63) is 35.9 Å². The predicted molar refractivity (Wildman–Crippen MR) is 81.8 cm³/mol. The minimum Gasteiger partial charge on any atom is -0.378 e. The molecule has 3 unspecified atom stereocenters. The van der Waals surface area contributed by atoms with Crippen LogP contribution in [0.1, 0.15) is 37.8 Å². The van der Waals surface area contributed by atoms with Gasteiger partial charge < -0.3 is 10.1 Å². The number of nitrogens with one attached hydrogen (secondary N) is 1. The van der Waals surface area contributed by atoms with E-state index in [-0.39, 0.29) is 0 Å². The lowest BCUT2D eigenvalue weighted by atomic mass is 10.0. The molecule has 2 aliphatic heterocycles. The summed E-state index contributed by atoms with van der Waals surface area (Å²) in [4.78, 5) is 2.69. The zero-order valence-electron chi connectivity index (χ0n) is 12.4. The molecule has 2 saturated heterocycles. The van der Waals surface area contributed by atoms with E-state index in [0.29, 0.717) is 18.2 Å². The van der Waals surface area contributed by atoms with Crippen LogP contribution in [0.2, 0.25) is 0 Å². The van der Waals surface area contributed by atoms with Crippen molar-refractivity contribution < 1.29 is 4.74 Å². The first-order valence-electron chi connectivity index (χ1n) is 7.97. The molecular formula is C17H26N2O. The average molecular weight is 274 g/mol. The van der Waals surface area contributed by atoms with Gasteiger partial charge in [0.25, 0.3) is 0 Å². The Hall–Kier alpha value is -0.900. The van der Waals surface area contributed by atoms with Gasteiger partial charge in [-0.15, -0.1) is 0 Å². The van der Waals surface area contributed by atoms with Crippen molar-refractivity contribution in [1.82, 2.24) is 10.2 Å². The van der Waals surface area contributed by atoms with Crippen LogP contribution in [0.3, 0.4) is 0 Å². The van der Waals surface area contributed by atoms with Crippen molar-refractivity contribution in [2.24, 2.45) is 0 Å². The van der Waals surface area contributed by atoms with E-state index in [1.807, 2.05) is 0 Å². The van der Waals surface area contributed by atoms with Crippen LogP contribution < -0.4 is 5.32 Å². The summed E-state index contributed by atoms with van der Waals surface area (Å²) in [5.41, 5.74) is 1.42. The first-order valence-corrected chi connectivity index (χ1v) is 7.97. The summed E-state index contributed by atoms with van der Waals surface area (Å²) < 4.78 is 5.70. The van der Waals surface area contributed by atoms with E-state index >= 15 is 0 Å². The zero-order chi connectivity index (χ0) is 13.8. The third kappa shape index (κ3) is 3.40. The summed E-state index contributed by atoms with van der Waals surface area (Å²) in [6, 6.07) is 12.0. The summed E-state index contributed by atoms with van der Waals surface area (Å²) in [6.45, 7) is 6.59. The number of ether oxygens (including phenoxy) is 1. The fraction of sp³-hybridized carbons (Fsp3) is 0.647. The molecule has 0 radical (unpaired) electrons. The number of nitrogens with zero attached hydrogens (tertiary/aromatic N) is 1. The maximum Gasteiger partial charge on any atom is 0.0561 e. The third-order valence-corrected chi connectivity index (χ3v) is 4.61. The van der Waals surface area contributed by atoms with Crippen LogP contribution in [-0.2, 0) is 4.74 Å². The molecule has 1 aromatic carbocycles. The van der Waals surface area contributed by atoms with Crippen LogP contribution in [0.15, 0.2) is 30.3 Å². The van der Waals surface area contributed by atoms with E-state index in [9.17, 15) is 0 Å². The monoisotopic (exact) mass is 274 g/mol. The van der Waals surface area contributed by atoms with Crippen molar-refractivity contribution in [2.45, 2.75) is 44.4 Å². The second-order valence-corrected chi connectivity index (χ2v) is 6.13. The van der Waals surface area contributed by atoms with Crippen LogP contribution in [0, 0.1) is 0 Å². The Morgan fingerprint density at radius 3 is 2.90 bits per heavy atom. The molecule has 20 heavy (non-hydrogen) atoms. The standard InChI is InChI=1S/C17H26N2O/c1-14-12-16(8-11-20-14)19-10-5-9-18-17(13-19)15-6-3-2-4-7-15/h2-4,6-7,14,16-18H,5,8-13H2,1H3. The second kappa shape index (κ2) is 6.70. The topological polar surface area (TPSA) is 24.5 Å². The summed E-state index contributed by atoms with van der Waals surface area (Å²) in [5.74, 6) is 0. The highest BCUT2D eigenvalue weighted by molar-refractivity contribution is 5.19. The number of rotatable bonds is 2. The maximum absolute atomic E-state index is 5.70. The highest BCUT2D eigenvalue weighted by Gasteiger charge is 2.28. The van der Waals surface area contributed by atoms with Crippen molar-refractivity contribution >= 4 is 0 Å². The van der Waals surface area contributed by atoms with Gasteiger partial charge in [0.1, 0.15) is 0 Å². The van der Waals surface area contributed by atoms with Crippen molar-refractivity contribution in [3.63, 3.8) is 0 Å². The van der Waals surface area contributed by atoms with Crippen LogP contribution >= 0.6 is 0 Å². The fourth-order valence-electron chi connectivity index (χ4n) is 3.49. The molecule has 3 nitrogen and oxygen atoms in total. The van der Waals surface area contributed by atoms with Gasteiger partial charge in [-0.2, -0.15) is 0 Å². The molecule has 1 N–H and O–H groups in total. The van der Waals surface area contributed by atoms with Crippen molar-refractivity contribution in [2.75, 3.05) is 26.2 Å². The fourth-order valence-corrected chi connectivity index (χ4v) is 3.49. The van der Waals surface area contributed by atoms with Crippen molar-refractivity contribution in [3.8, 4) is 0 Å². The lowest BCUT2D eigenvalue weighted by Gasteiger charge is -2.37. The van der Waals surface area contributed by atoms with E-state index in [2.05, 4.69) is 47.5 Å². The highest BCUT2D eigenvalue weighted by atomic mass is 16.5. The van der Waals surface area contributed by atoms with Gasteiger partial charge in [0.05, 0.1) is 6.10 Å². The van der Waals surface area contributed by atoms with Gasteiger partial charge in [-0.05, 0) is 44.8 Å². The molecule has 110 valence electrons. The molecule has 0 aliphatic carbocycles. The first kappa shape index (κ1) is 14.1. The molecule has 0 bridgehead atoms. The van der Waals surface area contributed by atoms with E-state index in [4.69, 9.17) is 4.74 Å². The molecular weight excluding hydrogens is 248 g/mol. The molecule has 2 aliphatic rings. The molecule has 3 rings (SSSR count). The number of benzene rings is 1. The number of hydrogen-bond donors (Lipinski definition) is 1. The maximum atomic E-state index is 5.70. The molecule has 2 fully saturated rings. The summed E-state index contributed by atoms with van der Waals surface area (Å²) in [6.07, 6.45) is 4.03. The van der Waals surface area contributed by atoms with Crippen LogP contribution in [0.25, 0.3) is 0 Å². The summed E-state index contributed by atoms with van der Waals surface area (Å²) >= 11 is 0. The quantitative estimate of drug-likeness (QED) is 0.897. The van der Waals surface area contributed by atoms with E-state index in [1.165, 1.54) is 31.4 Å². The Kier molecular flexibility index (Phi) is 4.71. The van der Waals surface area contributed by atoms with E-state index in [1.54, 1.807) is 0 Å². The van der Waals surface area contributed by atoms with Crippen LogP contribution in [0.4, 0.5) is 0 Å². The molecule has 3 heteroatoms. The average Bonchev–Trinajstić information content (AvgIpc) is 2.74. The van der Waals surface area contributed by atoms with Gasteiger partial charge in [0.15, 0.2) is 0 Å². The summed E-state index contributed by atoms with van der Waals surface area (Å²) in [7, 11) is 0.